The topological polar surface area (TPSA) is 109 Å². The maximum Gasteiger partial charge on any atom is 0.263 e. The highest BCUT2D eigenvalue weighted by molar-refractivity contribution is 7.21. The predicted molar refractivity (Wildman–Crippen MR) is 122 cm³/mol. The first-order valence-electron chi connectivity index (χ1n) is 10.9. The summed E-state index contributed by atoms with van der Waals surface area (Å²) in [4.78, 5) is 30.3. The van der Waals surface area contributed by atoms with Gasteiger partial charge in [-0.2, -0.15) is 0 Å². The molecule has 4 N–H and O–H groups in total. The van der Waals surface area contributed by atoms with Gasteiger partial charge in [0.1, 0.15) is 21.0 Å². The smallest absolute Gasteiger partial charge is 0.263 e. The molecule has 8 nitrogen and oxygen atoms in total. The van der Waals surface area contributed by atoms with Crippen molar-refractivity contribution in [3.05, 3.63) is 40.2 Å². The monoisotopic (exact) mass is 435 g/mol. The molecule has 2 bridgehead atoms. The average molecular weight is 436 g/mol. The molecule has 3 fully saturated rings. The first-order valence-corrected chi connectivity index (χ1v) is 11.7. The number of pyridine rings is 1. The molecule has 3 aromatic heterocycles. The number of nitrogens with one attached hydrogen (secondary N) is 2. The van der Waals surface area contributed by atoms with Crippen molar-refractivity contribution in [3.8, 4) is 0 Å². The summed E-state index contributed by atoms with van der Waals surface area (Å²) >= 11 is 1.31. The number of aryl methyl sites for hydroxylation is 2. The van der Waals surface area contributed by atoms with Crippen LogP contribution in [0.2, 0.25) is 0 Å². The van der Waals surface area contributed by atoms with Gasteiger partial charge in [-0.25, -0.2) is 15.0 Å². The Balaban J connectivity index is 1.16. The van der Waals surface area contributed by atoms with E-state index in [0.717, 1.165) is 43.9 Å². The number of carbonyl (C=O) groups excluding carboxylic acids is 1. The second-order valence-corrected chi connectivity index (χ2v) is 9.90. The molecule has 31 heavy (non-hydrogen) atoms. The first-order chi connectivity index (χ1) is 15.0. The van der Waals surface area contributed by atoms with Gasteiger partial charge in [0.15, 0.2) is 0 Å². The van der Waals surface area contributed by atoms with Gasteiger partial charge in [0, 0.05) is 43.1 Å². The lowest BCUT2D eigenvalue weighted by Crippen LogP contribution is -2.67. The fourth-order valence-corrected chi connectivity index (χ4v) is 5.99. The minimum Gasteiger partial charge on any atom is -0.396 e. The Morgan fingerprint density at radius 3 is 2.90 bits per heavy atom. The summed E-state index contributed by atoms with van der Waals surface area (Å²) in [5.41, 5.74) is 10.4. The highest BCUT2D eigenvalue weighted by atomic mass is 32.1. The van der Waals surface area contributed by atoms with E-state index in [1.54, 1.807) is 6.20 Å². The van der Waals surface area contributed by atoms with Crippen LogP contribution < -0.4 is 21.3 Å². The molecule has 0 spiro atoms. The maximum atomic E-state index is 12.9. The number of hydrogen-bond donors (Lipinski definition) is 3. The predicted octanol–water partition coefficient (Wildman–Crippen LogP) is 1.81. The summed E-state index contributed by atoms with van der Waals surface area (Å²) in [5.74, 6) is 0.948. The number of thiophene rings is 1. The van der Waals surface area contributed by atoms with Crippen LogP contribution in [0.15, 0.2) is 18.3 Å². The lowest BCUT2D eigenvalue weighted by atomic mass is 9.90. The third-order valence-electron chi connectivity index (χ3n) is 6.60. The molecule has 0 saturated carbocycles. The van der Waals surface area contributed by atoms with Crippen LogP contribution in [0.4, 0.5) is 11.5 Å². The third kappa shape index (κ3) is 3.32. The summed E-state index contributed by atoms with van der Waals surface area (Å²) in [5, 5.41) is 6.74. The summed E-state index contributed by atoms with van der Waals surface area (Å²) < 4.78 is 0. The van der Waals surface area contributed by atoms with Crippen molar-refractivity contribution in [2.75, 3.05) is 23.7 Å². The van der Waals surface area contributed by atoms with Gasteiger partial charge in [-0.3, -0.25) is 4.79 Å². The van der Waals surface area contributed by atoms with Crippen LogP contribution in [0.1, 0.15) is 39.5 Å². The van der Waals surface area contributed by atoms with Crippen LogP contribution in [-0.2, 0) is 12.8 Å². The van der Waals surface area contributed by atoms with Gasteiger partial charge in [0.05, 0.1) is 11.4 Å². The van der Waals surface area contributed by atoms with Crippen molar-refractivity contribution in [2.45, 2.75) is 50.7 Å². The molecular formula is C22H25N7OS. The van der Waals surface area contributed by atoms with Crippen LogP contribution >= 0.6 is 11.3 Å². The number of nitrogens with two attached hydrogens (primary N) is 1. The molecule has 9 heteroatoms. The lowest BCUT2D eigenvalue weighted by Gasteiger charge is -2.48. The van der Waals surface area contributed by atoms with Crippen LogP contribution in [0.3, 0.4) is 0 Å². The molecular weight excluding hydrogens is 410 g/mol. The summed E-state index contributed by atoms with van der Waals surface area (Å²) in [7, 11) is 0. The number of anilines is 2. The Morgan fingerprint density at radius 1 is 1.29 bits per heavy atom. The van der Waals surface area contributed by atoms with E-state index < -0.39 is 0 Å². The van der Waals surface area contributed by atoms with Crippen LogP contribution in [0, 0.1) is 6.92 Å². The fraction of sp³-hybridized carbons (Fsp3) is 0.455. The number of aromatic nitrogens is 3. The van der Waals surface area contributed by atoms with E-state index >= 15 is 0 Å². The van der Waals surface area contributed by atoms with Gasteiger partial charge in [-0.05, 0) is 44.2 Å². The summed E-state index contributed by atoms with van der Waals surface area (Å²) in [6.07, 6.45) is 5.51. The highest BCUT2D eigenvalue weighted by Gasteiger charge is 2.37. The molecule has 1 aliphatic carbocycles. The van der Waals surface area contributed by atoms with Crippen molar-refractivity contribution < 1.29 is 4.79 Å². The molecule has 160 valence electrons. The van der Waals surface area contributed by atoms with Crippen LogP contribution in [0.25, 0.3) is 10.3 Å². The Hall–Kier alpha value is -2.78. The number of piperidine rings is 1. The van der Waals surface area contributed by atoms with E-state index in [-0.39, 0.29) is 11.9 Å². The molecule has 3 aromatic rings. The molecule has 0 aromatic carbocycles. The Kier molecular flexibility index (Phi) is 4.36. The van der Waals surface area contributed by atoms with E-state index in [1.807, 2.05) is 6.92 Å². The van der Waals surface area contributed by atoms with Crippen LogP contribution in [0.5, 0.6) is 0 Å². The van der Waals surface area contributed by atoms with Crippen molar-refractivity contribution in [3.63, 3.8) is 0 Å². The molecule has 4 aliphatic rings. The number of amides is 1. The van der Waals surface area contributed by atoms with E-state index in [0.29, 0.717) is 33.0 Å². The van der Waals surface area contributed by atoms with Gasteiger partial charge in [0.25, 0.3) is 5.91 Å². The molecule has 3 saturated heterocycles. The standard InChI is InChI=1S/C22H25N7OS/c1-11-8-24-19-18(23)20(31-22(19)25-11)21(30)27-13-3-4-16-12(6-13)2-5-17(28-16)29-9-14-7-15(10-29)26-14/h2,5,8,13-15,26H,3-4,6-7,9-10,23H2,1H3,(H,27,30)/t13-,14?,15?/m0/s1. The number of nitrogen functional groups attached to an aromatic ring is 1. The number of fused-ring (bicyclic) bond motifs is 4. The number of piperazine rings is 1. The second kappa shape index (κ2) is 7.13. The van der Waals surface area contributed by atoms with Crippen molar-refractivity contribution >= 4 is 39.1 Å². The van der Waals surface area contributed by atoms with Crippen molar-refractivity contribution in [2.24, 2.45) is 0 Å². The second-order valence-electron chi connectivity index (χ2n) is 8.90. The third-order valence-corrected chi connectivity index (χ3v) is 7.68. The quantitative estimate of drug-likeness (QED) is 0.576. The number of nitrogens with zero attached hydrogens (tertiary/aromatic N) is 4. The zero-order valence-corrected chi connectivity index (χ0v) is 18.2. The fourth-order valence-electron chi connectivity index (χ4n) is 4.99. The minimum absolute atomic E-state index is 0.0757. The van der Waals surface area contributed by atoms with Gasteiger partial charge >= 0.3 is 0 Å². The molecule has 6 heterocycles. The highest BCUT2D eigenvalue weighted by Crippen LogP contribution is 2.32. The van der Waals surface area contributed by atoms with Gasteiger partial charge in [0.2, 0.25) is 0 Å². The van der Waals surface area contributed by atoms with Gasteiger partial charge in [-0.15, -0.1) is 11.3 Å². The van der Waals surface area contributed by atoms with Gasteiger partial charge in [-0.1, -0.05) is 6.07 Å². The van der Waals surface area contributed by atoms with Gasteiger partial charge < -0.3 is 21.3 Å². The normalized spacial score (nSPS) is 24.5. The zero-order chi connectivity index (χ0) is 21.1. The molecule has 3 atom stereocenters. The van der Waals surface area contributed by atoms with Crippen LogP contribution in [-0.4, -0.2) is 52.1 Å². The largest absolute Gasteiger partial charge is 0.396 e. The number of rotatable bonds is 3. The average Bonchev–Trinajstić information content (AvgIpc) is 3.08. The van der Waals surface area contributed by atoms with E-state index in [1.165, 1.54) is 29.0 Å². The molecule has 1 amide bonds. The molecule has 2 unspecified atom stereocenters. The van der Waals surface area contributed by atoms with E-state index in [4.69, 9.17) is 10.7 Å². The SMILES string of the molecule is Cc1cnc2c(N)c(C(=O)N[C@H]3CCc4nc(N5CC6CC(C5)N6)ccc4C3)sc2n1. The molecule has 0 radical (unpaired) electrons. The maximum absolute atomic E-state index is 12.9. The minimum atomic E-state index is -0.141. The Morgan fingerprint density at radius 2 is 2.10 bits per heavy atom. The molecule has 7 rings (SSSR count). The van der Waals surface area contributed by atoms with Crippen molar-refractivity contribution in [1.29, 1.82) is 0 Å². The number of carbonyl (C=O) groups is 1. The van der Waals surface area contributed by atoms with Crippen molar-refractivity contribution in [1.82, 2.24) is 25.6 Å². The number of hydrogen-bond acceptors (Lipinski definition) is 8. The Bertz CT molecular complexity index is 1180. The first kappa shape index (κ1) is 18.9. The lowest BCUT2D eigenvalue weighted by molar-refractivity contribution is 0.0938. The molecule has 3 aliphatic heterocycles. The summed E-state index contributed by atoms with van der Waals surface area (Å²) in [6, 6.07) is 5.64. The summed E-state index contributed by atoms with van der Waals surface area (Å²) in [6.45, 7) is 3.97. The zero-order valence-electron chi connectivity index (χ0n) is 17.4. The van der Waals surface area contributed by atoms with E-state index in [2.05, 4.69) is 37.6 Å². The Labute approximate surface area is 184 Å². The van der Waals surface area contributed by atoms with E-state index in [9.17, 15) is 4.79 Å².